The Morgan fingerprint density at radius 1 is 1.08 bits per heavy atom. The zero-order valence-corrected chi connectivity index (χ0v) is 20.1. The Morgan fingerprint density at radius 2 is 1.83 bits per heavy atom. The number of piperazine rings is 1. The summed E-state index contributed by atoms with van der Waals surface area (Å²) in [5, 5.41) is 24.8. The van der Waals surface area contributed by atoms with E-state index in [1.54, 1.807) is 31.2 Å². The molecule has 2 aliphatic rings. The van der Waals surface area contributed by atoms with E-state index >= 15 is 0 Å². The van der Waals surface area contributed by atoms with Gasteiger partial charge in [0.2, 0.25) is 11.9 Å². The third-order valence-electron chi connectivity index (χ3n) is 6.02. The number of rotatable bonds is 7. The summed E-state index contributed by atoms with van der Waals surface area (Å²) in [6.45, 7) is 4.12. The number of fused-ring (bicyclic) bond motifs is 1. The predicted octanol–water partition coefficient (Wildman–Crippen LogP) is 1.88. The Labute approximate surface area is 209 Å². The molecule has 4 heterocycles. The lowest BCUT2D eigenvalue weighted by Gasteiger charge is -2.29. The van der Waals surface area contributed by atoms with E-state index in [2.05, 4.69) is 20.5 Å². The van der Waals surface area contributed by atoms with Crippen molar-refractivity contribution in [2.24, 2.45) is 0 Å². The van der Waals surface area contributed by atoms with Gasteiger partial charge >= 0.3 is 11.9 Å². The van der Waals surface area contributed by atoms with Gasteiger partial charge < -0.3 is 25.3 Å². The van der Waals surface area contributed by atoms with Crippen LogP contribution in [0.15, 0.2) is 24.3 Å². The standard InChI is InChI=1S/C23H23N7O5S/c1-12-17(21(34)35)36-23(25-12)28-22-26-18-15(19(27-22)30-9-7-24-16(31)11-30)6-8-29(18)10-13-2-4-14(5-3-13)20(32)33/h2-5H,6-11H2,1H3,(H,24,31)(H,32,33)(H,34,35)(H,25,26,27,28). The second-order valence-corrected chi connectivity index (χ2v) is 9.48. The van der Waals surface area contributed by atoms with E-state index < -0.39 is 11.9 Å². The molecule has 12 nitrogen and oxygen atoms in total. The second kappa shape index (κ2) is 9.41. The number of anilines is 4. The Balaban J connectivity index is 1.49. The first-order chi connectivity index (χ1) is 17.3. The van der Waals surface area contributed by atoms with Crippen molar-refractivity contribution in [3.63, 3.8) is 0 Å². The van der Waals surface area contributed by atoms with Crippen molar-refractivity contribution in [3.8, 4) is 0 Å². The maximum Gasteiger partial charge on any atom is 0.347 e. The van der Waals surface area contributed by atoms with Gasteiger partial charge in [-0.25, -0.2) is 14.6 Å². The molecule has 3 aromatic rings. The van der Waals surface area contributed by atoms with Crippen LogP contribution in [0.5, 0.6) is 0 Å². The first-order valence-electron chi connectivity index (χ1n) is 11.3. The van der Waals surface area contributed by atoms with E-state index in [4.69, 9.17) is 15.1 Å². The summed E-state index contributed by atoms with van der Waals surface area (Å²) in [6.07, 6.45) is 0.690. The summed E-state index contributed by atoms with van der Waals surface area (Å²) in [5.74, 6) is -0.481. The minimum absolute atomic E-state index is 0.0851. The number of nitrogens with one attached hydrogen (secondary N) is 2. The van der Waals surface area contributed by atoms with Crippen molar-refractivity contribution in [2.45, 2.75) is 19.9 Å². The van der Waals surface area contributed by atoms with Gasteiger partial charge in [-0.3, -0.25) is 10.1 Å². The molecule has 1 fully saturated rings. The van der Waals surface area contributed by atoms with E-state index in [-0.39, 0.29) is 28.8 Å². The zero-order chi connectivity index (χ0) is 25.4. The molecule has 0 radical (unpaired) electrons. The quantitative estimate of drug-likeness (QED) is 0.368. The number of carbonyl (C=O) groups excluding carboxylic acids is 1. The third-order valence-corrected chi connectivity index (χ3v) is 7.08. The SMILES string of the molecule is Cc1nc(Nc2nc(N3CCNC(=O)C3)c3c(n2)N(Cc2ccc(C(=O)O)cc2)CC3)sc1C(=O)O. The summed E-state index contributed by atoms with van der Waals surface area (Å²) in [5.41, 5.74) is 2.48. The van der Waals surface area contributed by atoms with Crippen LogP contribution in [0, 0.1) is 6.92 Å². The fraction of sp³-hybridized carbons (Fsp3) is 0.304. The molecule has 1 saturated heterocycles. The molecule has 186 valence electrons. The molecule has 0 unspecified atom stereocenters. The van der Waals surface area contributed by atoms with Crippen LogP contribution in [0.4, 0.5) is 22.7 Å². The molecular weight excluding hydrogens is 486 g/mol. The molecule has 1 amide bonds. The molecule has 4 N–H and O–H groups in total. The average Bonchev–Trinajstić information content (AvgIpc) is 3.42. The summed E-state index contributed by atoms with van der Waals surface area (Å²) >= 11 is 1.00. The van der Waals surface area contributed by atoms with Crippen LogP contribution in [0.25, 0.3) is 0 Å². The van der Waals surface area contributed by atoms with Crippen molar-refractivity contribution in [1.29, 1.82) is 0 Å². The number of aromatic carboxylic acids is 2. The number of carboxylic acids is 2. The summed E-state index contributed by atoms with van der Waals surface area (Å²) < 4.78 is 0. The van der Waals surface area contributed by atoms with E-state index in [1.165, 1.54) is 0 Å². The van der Waals surface area contributed by atoms with Crippen LogP contribution in [0.2, 0.25) is 0 Å². The Kier molecular flexibility index (Phi) is 6.14. The lowest BCUT2D eigenvalue weighted by atomic mass is 10.1. The van der Waals surface area contributed by atoms with Gasteiger partial charge in [0.25, 0.3) is 0 Å². The van der Waals surface area contributed by atoms with Crippen molar-refractivity contribution < 1.29 is 24.6 Å². The number of benzene rings is 1. The smallest absolute Gasteiger partial charge is 0.347 e. The Morgan fingerprint density at radius 3 is 2.50 bits per heavy atom. The molecule has 36 heavy (non-hydrogen) atoms. The zero-order valence-electron chi connectivity index (χ0n) is 19.3. The van der Waals surface area contributed by atoms with Crippen LogP contribution in [0.3, 0.4) is 0 Å². The normalized spacial score (nSPS) is 15.0. The lowest BCUT2D eigenvalue weighted by Crippen LogP contribution is -2.48. The van der Waals surface area contributed by atoms with E-state index in [0.29, 0.717) is 55.1 Å². The minimum atomic E-state index is -1.05. The van der Waals surface area contributed by atoms with Crippen LogP contribution in [-0.4, -0.2) is 69.2 Å². The molecule has 0 aliphatic carbocycles. The largest absolute Gasteiger partial charge is 0.478 e. The number of hydrogen-bond acceptors (Lipinski definition) is 10. The molecule has 5 rings (SSSR count). The molecular formula is C23H23N7O5S. The highest BCUT2D eigenvalue weighted by Crippen LogP contribution is 2.36. The first kappa shape index (κ1) is 23.5. The van der Waals surface area contributed by atoms with Crippen molar-refractivity contribution in [1.82, 2.24) is 20.3 Å². The molecule has 2 aliphatic heterocycles. The Hall–Kier alpha value is -4.26. The lowest BCUT2D eigenvalue weighted by molar-refractivity contribution is -0.120. The van der Waals surface area contributed by atoms with Gasteiger partial charge in [0, 0.05) is 31.7 Å². The van der Waals surface area contributed by atoms with Gasteiger partial charge in [0.05, 0.1) is 17.8 Å². The van der Waals surface area contributed by atoms with Gasteiger partial charge in [-0.1, -0.05) is 23.5 Å². The van der Waals surface area contributed by atoms with Gasteiger partial charge in [0.1, 0.15) is 16.5 Å². The van der Waals surface area contributed by atoms with Gasteiger partial charge in [0.15, 0.2) is 5.13 Å². The second-order valence-electron chi connectivity index (χ2n) is 8.48. The average molecular weight is 510 g/mol. The van der Waals surface area contributed by atoms with Crippen LogP contribution >= 0.6 is 11.3 Å². The van der Waals surface area contributed by atoms with Crippen molar-refractivity contribution in [3.05, 3.63) is 51.5 Å². The van der Waals surface area contributed by atoms with Crippen LogP contribution in [0.1, 0.15) is 36.9 Å². The van der Waals surface area contributed by atoms with Gasteiger partial charge in [-0.2, -0.15) is 9.97 Å². The Bertz CT molecular complexity index is 1360. The topological polar surface area (TPSA) is 161 Å². The highest BCUT2D eigenvalue weighted by molar-refractivity contribution is 7.17. The summed E-state index contributed by atoms with van der Waals surface area (Å²) in [6, 6.07) is 6.71. The fourth-order valence-corrected chi connectivity index (χ4v) is 5.11. The van der Waals surface area contributed by atoms with E-state index in [0.717, 1.165) is 22.5 Å². The van der Waals surface area contributed by atoms with E-state index in [1.807, 2.05) is 4.90 Å². The molecule has 13 heteroatoms. The fourth-order valence-electron chi connectivity index (χ4n) is 4.31. The van der Waals surface area contributed by atoms with Gasteiger partial charge in [-0.15, -0.1) is 0 Å². The number of carbonyl (C=O) groups is 3. The number of nitrogens with zero attached hydrogens (tertiary/aromatic N) is 5. The highest BCUT2D eigenvalue weighted by atomic mass is 32.1. The third kappa shape index (κ3) is 4.64. The molecule has 0 spiro atoms. The van der Waals surface area contributed by atoms with Crippen molar-refractivity contribution >= 4 is 51.9 Å². The van der Waals surface area contributed by atoms with Gasteiger partial charge in [-0.05, 0) is 31.0 Å². The minimum Gasteiger partial charge on any atom is -0.478 e. The number of amides is 1. The predicted molar refractivity (Wildman–Crippen MR) is 133 cm³/mol. The van der Waals surface area contributed by atoms with Crippen LogP contribution in [-0.2, 0) is 17.8 Å². The summed E-state index contributed by atoms with van der Waals surface area (Å²) in [7, 11) is 0. The molecule has 2 aromatic heterocycles. The number of hydrogen-bond donors (Lipinski definition) is 4. The molecule has 0 saturated carbocycles. The number of aromatic nitrogens is 3. The highest BCUT2D eigenvalue weighted by Gasteiger charge is 2.30. The molecule has 0 atom stereocenters. The number of carboxylic acid groups (broad SMARTS) is 2. The monoisotopic (exact) mass is 509 g/mol. The molecule has 1 aromatic carbocycles. The maximum atomic E-state index is 12.1. The molecule has 0 bridgehead atoms. The number of aryl methyl sites for hydroxylation is 1. The first-order valence-corrected chi connectivity index (χ1v) is 12.1. The van der Waals surface area contributed by atoms with E-state index in [9.17, 15) is 19.5 Å². The maximum absolute atomic E-state index is 12.1. The van der Waals surface area contributed by atoms with Crippen molar-refractivity contribution in [2.75, 3.05) is 41.3 Å². The number of thiazole rings is 1. The summed E-state index contributed by atoms with van der Waals surface area (Å²) in [4.78, 5) is 52.6. The van der Waals surface area contributed by atoms with Crippen LogP contribution < -0.4 is 20.4 Å².